The van der Waals surface area contributed by atoms with Crippen LogP contribution in [0.4, 0.5) is 0 Å². The van der Waals surface area contributed by atoms with Crippen molar-refractivity contribution >= 4 is 18.2 Å². The summed E-state index contributed by atoms with van der Waals surface area (Å²) in [7, 11) is 2.78. The number of hydrogen-bond acceptors (Lipinski definition) is 6. The van der Waals surface area contributed by atoms with E-state index in [0.29, 0.717) is 0 Å². The third-order valence-corrected chi connectivity index (χ3v) is 1.93. The van der Waals surface area contributed by atoms with Gasteiger partial charge in [0.15, 0.2) is 6.29 Å². The van der Waals surface area contributed by atoms with Crippen molar-refractivity contribution in [3.05, 3.63) is 0 Å². The molecule has 0 aromatic carbocycles. The van der Waals surface area contributed by atoms with E-state index < -0.39 is 18.2 Å². The van der Waals surface area contributed by atoms with Crippen LogP contribution in [0.25, 0.3) is 0 Å². The molecular formula is C10H17NO6. The van der Waals surface area contributed by atoms with Crippen LogP contribution in [0.5, 0.6) is 0 Å². The Hall–Kier alpha value is -1.47. The molecule has 0 fully saturated rings. The smallest absolute Gasteiger partial charge is 0.325 e. The van der Waals surface area contributed by atoms with Gasteiger partial charge in [0.25, 0.3) is 5.91 Å². The highest BCUT2D eigenvalue weighted by atomic mass is 16.7. The Balaban J connectivity index is 4.47. The molecule has 0 aliphatic rings. The Morgan fingerprint density at radius 3 is 2.29 bits per heavy atom. The molecule has 0 rings (SSSR count). The maximum absolute atomic E-state index is 11.3. The van der Waals surface area contributed by atoms with Crippen molar-refractivity contribution in [1.82, 2.24) is 4.90 Å². The van der Waals surface area contributed by atoms with Crippen molar-refractivity contribution in [2.45, 2.75) is 13.2 Å². The van der Waals surface area contributed by atoms with E-state index in [4.69, 9.17) is 9.47 Å². The number of hydrogen-bond donors (Lipinski definition) is 0. The van der Waals surface area contributed by atoms with Crippen LogP contribution < -0.4 is 0 Å². The highest BCUT2D eigenvalue weighted by molar-refractivity contribution is 6.23. The van der Waals surface area contributed by atoms with Crippen LogP contribution in [-0.2, 0) is 28.6 Å². The van der Waals surface area contributed by atoms with Gasteiger partial charge in [-0.1, -0.05) is 0 Å². The lowest BCUT2D eigenvalue weighted by Crippen LogP contribution is -2.43. The van der Waals surface area contributed by atoms with Gasteiger partial charge in [0.05, 0.1) is 13.2 Å². The van der Waals surface area contributed by atoms with Gasteiger partial charge < -0.3 is 19.1 Å². The summed E-state index contributed by atoms with van der Waals surface area (Å²) in [4.78, 5) is 33.9. The van der Waals surface area contributed by atoms with Gasteiger partial charge in [-0.25, -0.2) is 0 Å². The summed E-state index contributed by atoms with van der Waals surface area (Å²) in [5.74, 6) is -1.41. The third-order valence-electron chi connectivity index (χ3n) is 1.93. The first-order valence-electron chi connectivity index (χ1n) is 5.04. The number of nitrogens with zero attached hydrogens (tertiary/aromatic N) is 1. The second-order valence-corrected chi connectivity index (χ2v) is 3.04. The van der Waals surface area contributed by atoms with Gasteiger partial charge >= 0.3 is 5.97 Å². The lowest BCUT2D eigenvalue weighted by Gasteiger charge is -2.23. The number of methoxy groups -OCH3 is 2. The van der Waals surface area contributed by atoms with Crippen molar-refractivity contribution in [3.63, 3.8) is 0 Å². The molecule has 0 atom stereocenters. The van der Waals surface area contributed by atoms with Crippen molar-refractivity contribution in [3.8, 4) is 0 Å². The highest BCUT2D eigenvalue weighted by Gasteiger charge is 2.21. The first-order valence-corrected chi connectivity index (χ1v) is 5.04. The molecule has 0 heterocycles. The summed E-state index contributed by atoms with van der Waals surface area (Å²) in [6.07, 6.45) is -0.574. The predicted molar refractivity (Wildman–Crippen MR) is 57.1 cm³/mol. The summed E-state index contributed by atoms with van der Waals surface area (Å²) in [5, 5.41) is 0. The van der Waals surface area contributed by atoms with Gasteiger partial charge in [-0.15, -0.1) is 0 Å². The zero-order valence-corrected chi connectivity index (χ0v) is 10.2. The Bertz CT molecular complexity index is 264. The molecule has 7 heteroatoms. The van der Waals surface area contributed by atoms with E-state index in [1.54, 1.807) is 6.92 Å². The number of esters is 1. The summed E-state index contributed by atoms with van der Waals surface area (Å²) < 4.78 is 14.4. The van der Waals surface area contributed by atoms with Crippen LogP contribution in [0.2, 0.25) is 0 Å². The quantitative estimate of drug-likeness (QED) is 0.241. The van der Waals surface area contributed by atoms with Crippen molar-refractivity contribution < 1.29 is 28.6 Å². The first kappa shape index (κ1) is 15.5. The van der Waals surface area contributed by atoms with Gasteiger partial charge in [-0.3, -0.25) is 14.4 Å². The molecule has 0 saturated heterocycles. The molecule has 0 aliphatic heterocycles. The fraction of sp³-hybridized carbons (Fsp3) is 0.700. The molecule has 0 unspecified atom stereocenters. The number of carbonyl (C=O) groups is 3. The third kappa shape index (κ3) is 5.98. The Labute approximate surface area is 99.6 Å². The van der Waals surface area contributed by atoms with Crippen LogP contribution in [0.15, 0.2) is 0 Å². The van der Waals surface area contributed by atoms with Crippen LogP contribution in [0.1, 0.15) is 6.92 Å². The van der Waals surface area contributed by atoms with E-state index in [0.717, 1.165) is 4.90 Å². The van der Waals surface area contributed by atoms with Crippen LogP contribution in [-0.4, -0.2) is 63.3 Å². The number of amides is 1. The average Bonchev–Trinajstić information content (AvgIpc) is 2.33. The molecule has 0 saturated carbocycles. The molecular weight excluding hydrogens is 230 g/mol. The normalized spacial score (nSPS) is 10.1. The van der Waals surface area contributed by atoms with Crippen molar-refractivity contribution in [1.29, 1.82) is 0 Å². The fourth-order valence-corrected chi connectivity index (χ4v) is 1.09. The number of aldehydes is 1. The number of carbonyl (C=O) groups excluding carboxylic acids is 3. The fourth-order valence-electron chi connectivity index (χ4n) is 1.09. The molecule has 0 aliphatic carbocycles. The van der Waals surface area contributed by atoms with Gasteiger partial charge in [-0.05, 0) is 6.92 Å². The average molecular weight is 247 g/mol. The monoisotopic (exact) mass is 247 g/mol. The van der Waals surface area contributed by atoms with Crippen LogP contribution in [0.3, 0.4) is 0 Å². The van der Waals surface area contributed by atoms with Crippen molar-refractivity contribution in [2.75, 3.05) is 33.9 Å². The molecule has 0 spiro atoms. The Morgan fingerprint density at radius 2 is 1.88 bits per heavy atom. The zero-order chi connectivity index (χ0) is 13.3. The number of ether oxygens (including phenoxy) is 3. The zero-order valence-electron chi connectivity index (χ0n) is 10.2. The lowest BCUT2D eigenvalue weighted by molar-refractivity contribution is -0.157. The molecule has 98 valence electrons. The minimum atomic E-state index is -0.822. The minimum Gasteiger partial charge on any atom is -0.465 e. The second kappa shape index (κ2) is 8.66. The van der Waals surface area contributed by atoms with E-state index in [-0.39, 0.29) is 26.0 Å². The van der Waals surface area contributed by atoms with Gasteiger partial charge in [0.1, 0.15) is 6.54 Å². The molecule has 0 radical (unpaired) electrons. The molecule has 17 heavy (non-hydrogen) atoms. The summed E-state index contributed by atoms with van der Waals surface area (Å²) in [6, 6.07) is 0. The van der Waals surface area contributed by atoms with E-state index in [1.165, 1.54) is 14.2 Å². The van der Waals surface area contributed by atoms with E-state index in [2.05, 4.69) is 4.74 Å². The maximum atomic E-state index is 11.3. The molecule has 0 aromatic rings. The van der Waals surface area contributed by atoms with E-state index in [1.807, 2.05) is 0 Å². The molecule has 7 nitrogen and oxygen atoms in total. The van der Waals surface area contributed by atoms with Crippen LogP contribution in [0, 0.1) is 0 Å². The van der Waals surface area contributed by atoms with Crippen LogP contribution >= 0.6 is 0 Å². The van der Waals surface area contributed by atoms with Crippen molar-refractivity contribution in [2.24, 2.45) is 0 Å². The molecule has 0 bridgehead atoms. The SMILES string of the molecule is CCOC(=O)CN(CC(OC)OC)C(=O)C=O. The summed E-state index contributed by atoms with van der Waals surface area (Å²) in [6.45, 7) is 1.52. The lowest BCUT2D eigenvalue weighted by atomic mass is 10.4. The topological polar surface area (TPSA) is 82.1 Å². The predicted octanol–water partition coefficient (Wildman–Crippen LogP) is -0.804. The Kier molecular flexibility index (Phi) is 7.91. The summed E-state index contributed by atoms with van der Waals surface area (Å²) >= 11 is 0. The molecule has 1 amide bonds. The Morgan fingerprint density at radius 1 is 1.29 bits per heavy atom. The first-order chi connectivity index (χ1) is 8.08. The van der Waals surface area contributed by atoms with Gasteiger partial charge in [0.2, 0.25) is 6.29 Å². The molecule has 0 aromatic heterocycles. The second-order valence-electron chi connectivity index (χ2n) is 3.04. The standard InChI is InChI=1S/C10H17NO6/c1-4-17-9(14)5-11(8(13)7-12)6-10(15-2)16-3/h7,10H,4-6H2,1-3H3. The molecule has 0 N–H and O–H groups in total. The minimum absolute atomic E-state index is 0.0244. The van der Waals surface area contributed by atoms with Gasteiger partial charge in [0, 0.05) is 14.2 Å². The summed E-state index contributed by atoms with van der Waals surface area (Å²) in [5.41, 5.74) is 0. The van der Waals surface area contributed by atoms with Gasteiger partial charge in [-0.2, -0.15) is 0 Å². The maximum Gasteiger partial charge on any atom is 0.325 e. The van der Waals surface area contributed by atoms with E-state index >= 15 is 0 Å². The largest absolute Gasteiger partial charge is 0.465 e. The number of rotatable bonds is 8. The van der Waals surface area contributed by atoms with E-state index in [9.17, 15) is 14.4 Å². The highest BCUT2D eigenvalue weighted by Crippen LogP contribution is 1.98.